The topological polar surface area (TPSA) is 34.1 Å². The van der Waals surface area contributed by atoms with Crippen molar-refractivity contribution in [2.45, 2.75) is 18.6 Å². The van der Waals surface area contributed by atoms with E-state index in [1.54, 1.807) is 11.8 Å². The molecule has 1 aliphatic rings. The number of rotatable bonds is 3. The van der Waals surface area contributed by atoms with Crippen molar-refractivity contribution in [3.63, 3.8) is 0 Å². The Morgan fingerprint density at radius 3 is 2.75 bits per heavy atom. The average molecular weight is 206 g/mol. The number of thioether (sulfide) groups is 1. The van der Waals surface area contributed by atoms with Crippen molar-refractivity contribution in [3.05, 3.63) is 12.2 Å². The Kier molecular flexibility index (Phi) is 3.23. The Bertz CT molecular complexity index is 267. The second-order valence-corrected chi connectivity index (χ2v) is 6.81. The van der Waals surface area contributed by atoms with Gasteiger partial charge < -0.3 is 0 Å². The van der Waals surface area contributed by atoms with Gasteiger partial charge >= 0.3 is 0 Å². The van der Waals surface area contributed by atoms with Crippen LogP contribution in [0.25, 0.3) is 0 Å². The molecule has 2 nitrogen and oxygen atoms in total. The van der Waals surface area contributed by atoms with Crippen molar-refractivity contribution in [2.75, 3.05) is 17.3 Å². The van der Waals surface area contributed by atoms with Crippen LogP contribution in [-0.4, -0.2) is 30.9 Å². The summed E-state index contributed by atoms with van der Waals surface area (Å²) in [6.45, 7) is 5.75. The van der Waals surface area contributed by atoms with Crippen LogP contribution in [0.5, 0.6) is 0 Å². The van der Waals surface area contributed by atoms with Gasteiger partial charge in [0.15, 0.2) is 9.84 Å². The maximum Gasteiger partial charge on any atom is 0.151 e. The molecule has 0 radical (unpaired) electrons. The summed E-state index contributed by atoms with van der Waals surface area (Å²) in [6.07, 6.45) is 0.820. The Hall–Kier alpha value is 0.0400. The van der Waals surface area contributed by atoms with E-state index in [2.05, 4.69) is 6.58 Å². The van der Waals surface area contributed by atoms with E-state index in [9.17, 15) is 8.42 Å². The summed E-state index contributed by atoms with van der Waals surface area (Å²) in [6, 6.07) is 0. The van der Waals surface area contributed by atoms with Gasteiger partial charge in [-0.3, -0.25) is 0 Å². The van der Waals surface area contributed by atoms with Crippen LogP contribution in [-0.2, 0) is 9.84 Å². The van der Waals surface area contributed by atoms with E-state index in [1.165, 1.54) is 0 Å². The predicted molar refractivity (Wildman–Crippen MR) is 54.3 cm³/mol. The maximum atomic E-state index is 11.0. The number of hydrogen-bond acceptors (Lipinski definition) is 3. The summed E-state index contributed by atoms with van der Waals surface area (Å²) in [5, 5.41) is 0.312. The summed E-state index contributed by atoms with van der Waals surface area (Å²) in [5.74, 6) is 1.63. The molecule has 1 fully saturated rings. The molecule has 70 valence electrons. The quantitative estimate of drug-likeness (QED) is 0.656. The average Bonchev–Trinajstić information content (AvgIpc) is 2.26. The SMILES string of the molecule is C=C(C)CSC1CCS(=O)(=O)C1. The number of sulfone groups is 1. The molecule has 12 heavy (non-hydrogen) atoms. The molecule has 1 aliphatic heterocycles. The second kappa shape index (κ2) is 3.83. The molecular weight excluding hydrogens is 192 g/mol. The highest BCUT2D eigenvalue weighted by Crippen LogP contribution is 2.25. The van der Waals surface area contributed by atoms with E-state index in [0.717, 1.165) is 17.7 Å². The third-order valence-corrected chi connectivity index (χ3v) is 5.27. The molecule has 1 saturated heterocycles. The minimum absolute atomic E-state index is 0.312. The summed E-state index contributed by atoms with van der Waals surface area (Å²) in [7, 11) is -2.69. The van der Waals surface area contributed by atoms with E-state index in [0.29, 0.717) is 16.8 Å². The smallest absolute Gasteiger partial charge is 0.151 e. The van der Waals surface area contributed by atoms with Gasteiger partial charge in [-0.1, -0.05) is 12.2 Å². The fourth-order valence-corrected chi connectivity index (χ4v) is 4.66. The second-order valence-electron chi connectivity index (χ2n) is 3.29. The monoisotopic (exact) mass is 206 g/mol. The Balaban J connectivity index is 2.34. The molecule has 0 aromatic carbocycles. The van der Waals surface area contributed by atoms with Gasteiger partial charge in [0.05, 0.1) is 11.5 Å². The molecule has 0 aromatic rings. The summed E-state index contributed by atoms with van der Waals surface area (Å²) < 4.78 is 22.1. The first-order valence-electron chi connectivity index (χ1n) is 3.96. The van der Waals surface area contributed by atoms with Crippen molar-refractivity contribution >= 4 is 21.6 Å². The summed E-state index contributed by atoms with van der Waals surface area (Å²) >= 11 is 1.72. The van der Waals surface area contributed by atoms with E-state index < -0.39 is 9.84 Å². The van der Waals surface area contributed by atoms with E-state index in [4.69, 9.17) is 0 Å². The van der Waals surface area contributed by atoms with Gasteiger partial charge in [0, 0.05) is 11.0 Å². The van der Waals surface area contributed by atoms with Crippen LogP contribution in [0.15, 0.2) is 12.2 Å². The van der Waals surface area contributed by atoms with Gasteiger partial charge in [-0.2, -0.15) is 11.8 Å². The van der Waals surface area contributed by atoms with Crippen LogP contribution >= 0.6 is 11.8 Å². The highest BCUT2D eigenvalue weighted by Gasteiger charge is 2.27. The zero-order chi connectivity index (χ0) is 9.19. The normalized spacial score (nSPS) is 27.2. The molecule has 0 amide bonds. The van der Waals surface area contributed by atoms with Gasteiger partial charge in [-0.25, -0.2) is 8.42 Å². The molecular formula is C8H14O2S2. The molecule has 1 atom stereocenters. The van der Waals surface area contributed by atoms with Crippen molar-refractivity contribution in [1.82, 2.24) is 0 Å². The lowest BCUT2D eigenvalue weighted by Crippen LogP contribution is -2.06. The zero-order valence-electron chi connectivity index (χ0n) is 7.25. The molecule has 1 unspecified atom stereocenters. The lowest BCUT2D eigenvalue weighted by Gasteiger charge is -2.05. The molecule has 4 heteroatoms. The third-order valence-electron chi connectivity index (χ3n) is 1.76. The minimum Gasteiger partial charge on any atom is -0.229 e. The standard InChI is InChI=1S/C8H14O2S2/c1-7(2)5-11-8-3-4-12(9,10)6-8/h8H,1,3-6H2,2H3. The molecule has 1 rings (SSSR count). The Morgan fingerprint density at radius 2 is 2.33 bits per heavy atom. The molecule has 0 aliphatic carbocycles. The summed E-state index contributed by atoms with van der Waals surface area (Å²) in [5.41, 5.74) is 1.12. The van der Waals surface area contributed by atoms with Gasteiger partial charge in [0.2, 0.25) is 0 Å². The molecule has 0 saturated carbocycles. The van der Waals surface area contributed by atoms with Crippen LogP contribution in [0.4, 0.5) is 0 Å². The summed E-state index contributed by atoms with van der Waals surface area (Å²) in [4.78, 5) is 0. The largest absolute Gasteiger partial charge is 0.229 e. The first-order valence-corrected chi connectivity index (χ1v) is 6.83. The zero-order valence-corrected chi connectivity index (χ0v) is 8.88. The molecule has 0 aromatic heterocycles. The first kappa shape index (κ1) is 10.1. The van der Waals surface area contributed by atoms with Crippen molar-refractivity contribution < 1.29 is 8.42 Å². The van der Waals surface area contributed by atoms with Gasteiger partial charge in [-0.15, -0.1) is 0 Å². The van der Waals surface area contributed by atoms with E-state index in [-0.39, 0.29) is 0 Å². The van der Waals surface area contributed by atoms with Crippen molar-refractivity contribution in [2.24, 2.45) is 0 Å². The molecule has 1 heterocycles. The van der Waals surface area contributed by atoms with Crippen LogP contribution in [0, 0.1) is 0 Å². The van der Waals surface area contributed by atoms with Gasteiger partial charge in [0.1, 0.15) is 0 Å². The molecule has 0 bridgehead atoms. The van der Waals surface area contributed by atoms with Crippen LogP contribution in [0.3, 0.4) is 0 Å². The Morgan fingerprint density at radius 1 is 1.67 bits per heavy atom. The predicted octanol–water partition coefficient (Wildman–Crippen LogP) is 1.48. The van der Waals surface area contributed by atoms with Crippen LogP contribution < -0.4 is 0 Å². The fourth-order valence-electron chi connectivity index (χ4n) is 1.15. The van der Waals surface area contributed by atoms with E-state index >= 15 is 0 Å². The van der Waals surface area contributed by atoms with Crippen LogP contribution in [0.1, 0.15) is 13.3 Å². The Labute approximate surface area is 78.3 Å². The minimum atomic E-state index is -2.69. The lowest BCUT2D eigenvalue weighted by molar-refractivity contribution is 0.602. The maximum absolute atomic E-state index is 11.0. The highest BCUT2D eigenvalue weighted by molar-refractivity contribution is 8.01. The number of hydrogen-bond donors (Lipinski definition) is 0. The first-order chi connectivity index (χ1) is 5.49. The third kappa shape index (κ3) is 3.19. The van der Waals surface area contributed by atoms with Crippen molar-refractivity contribution in [3.8, 4) is 0 Å². The van der Waals surface area contributed by atoms with Gasteiger partial charge in [0.25, 0.3) is 0 Å². The fraction of sp³-hybridized carbons (Fsp3) is 0.750. The lowest BCUT2D eigenvalue weighted by atomic mass is 10.4. The molecule has 0 spiro atoms. The van der Waals surface area contributed by atoms with Gasteiger partial charge in [-0.05, 0) is 13.3 Å². The molecule has 0 N–H and O–H groups in total. The van der Waals surface area contributed by atoms with Crippen molar-refractivity contribution in [1.29, 1.82) is 0 Å². The highest BCUT2D eigenvalue weighted by atomic mass is 32.2. The van der Waals surface area contributed by atoms with E-state index in [1.807, 2.05) is 6.92 Å². The van der Waals surface area contributed by atoms with Crippen LogP contribution in [0.2, 0.25) is 0 Å².